The Labute approximate surface area is 129 Å². The van der Waals surface area contributed by atoms with Gasteiger partial charge in [-0.15, -0.1) is 0 Å². The van der Waals surface area contributed by atoms with Crippen molar-refractivity contribution in [2.24, 2.45) is 0 Å². The van der Waals surface area contributed by atoms with Crippen LogP contribution in [-0.4, -0.2) is 35.0 Å². The molecule has 1 aromatic carbocycles. The zero-order valence-electron chi connectivity index (χ0n) is 12.5. The summed E-state index contributed by atoms with van der Waals surface area (Å²) in [6.45, 7) is 1.46. The number of amides is 1. The highest BCUT2D eigenvalue weighted by molar-refractivity contribution is 5.81. The first-order valence-electron chi connectivity index (χ1n) is 8.10. The van der Waals surface area contributed by atoms with Crippen molar-refractivity contribution >= 4 is 17.0 Å². The molecule has 1 amide bonds. The molecule has 116 valence electrons. The molecule has 0 spiro atoms. The van der Waals surface area contributed by atoms with Crippen molar-refractivity contribution in [3.05, 3.63) is 30.2 Å². The van der Waals surface area contributed by atoms with E-state index in [-0.39, 0.29) is 18.1 Å². The monoisotopic (exact) mass is 300 g/mol. The second-order valence-corrected chi connectivity index (χ2v) is 6.06. The minimum Gasteiger partial charge on any atom is -0.438 e. The predicted molar refractivity (Wildman–Crippen MR) is 81.3 cm³/mol. The summed E-state index contributed by atoms with van der Waals surface area (Å²) in [5.41, 5.74) is 1.64. The van der Waals surface area contributed by atoms with Gasteiger partial charge in [-0.25, -0.2) is 4.98 Å². The van der Waals surface area contributed by atoms with Crippen molar-refractivity contribution in [1.82, 2.24) is 9.88 Å². The molecule has 0 saturated carbocycles. The molecule has 5 heteroatoms. The normalized spacial score (nSPS) is 25.7. The van der Waals surface area contributed by atoms with E-state index in [1.165, 1.54) is 0 Å². The van der Waals surface area contributed by atoms with Gasteiger partial charge in [-0.05, 0) is 44.2 Å². The van der Waals surface area contributed by atoms with Gasteiger partial charge in [0.15, 0.2) is 5.58 Å². The summed E-state index contributed by atoms with van der Waals surface area (Å²) in [5.74, 6) is 0.761. The molecule has 5 nitrogen and oxygen atoms in total. The first kappa shape index (κ1) is 13.8. The first-order valence-corrected chi connectivity index (χ1v) is 8.10. The Balaban J connectivity index is 1.63. The molecule has 3 heterocycles. The smallest absolute Gasteiger partial charge is 0.252 e. The van der Waals surface area contributed by atoms with E-state index in [0.717, 1.165) is 49.7 Å². The summed E-state index contributed by atoms with van der Waals surface area (Å²) < 4.78 is 11.5. The molecule has 1 aromatic heterocycles. The lowest BCUT2D eigenvalue weighted by molar-refractivity contribution is -0.145. The van der Waals surface area contributed by atoms with Gasteiger partial charge in [0.05, 0.1) is 0 Å². The number of oxazole rings is 1. The summed E-state index contributed by atoms with van der Waals surface area (Å²) >= 11 is 0. The number of para-hydroxylation sites is 2. The maximum absolute atomic E-state index is 12.7. The highest BCUT2D eigenvalue weighted by atomic mass is 16.5. The van der Waals surface area contributed by atoms with E-state index in [4.69, 9.17) is 9.15 Å². The Bertz CT molecular complexity index is 642. The van der Waals surface area contributed by atoms with Gasteiger partial charge in [0.2, 0.25) is 5.89 Å². The van der Waals surface area contributed by atoms with Crippen molar-refractivity contribution in [3.8, 4) is 0 Å². The summed E-state index contributed by atoms with van der Waals surface area (Å²) in [7, 11) is 0. The van der Waals surface area contributed by atoms with Crippen LogP contribution < -0.4 is 0 Å². The van der Waals surface area contributed by atoms with E-state index in [9.17, 15) is 4.79 Å². The lowest BCUT2D eigenvalue weighted by Gasteiger charge is -2.35. The number of ether oxygens (including phenoxy) is 1. The number of piperidine rings is 1. The number of carbonyl (C=O) groups excluding carboxylic acids is 1. The summed E-state index contributed by atoms with van der Waals surface area (Å²) in [5, 5.41) is 0. The van der Waals surface area contributed by atoms with Crippen molar-refractivity contribution in [3.63, 3.8) is 0 Å². The largest absolute Gasteiger partial charge is 0.438 e. The van der Waals surface area contributed by atoms with Crippen molar-refractivity contribution in [1.29, 1.82) is 0 Å². The van der Waals surface area contributed by atoms with Crippen LogP contribution in [0, 0.1) is 0 Å². The quantitative estimate of drug-likeness (QED) is 0.855. The number of fused-ring (bicyclic) bond motifs is 1. The van der Waals surface area contributed by atoms with Crippen LogP contribution in [0.1, 0.15) is 44.0 Å². The number of hydrogen-bond donors (Lipinski definition) is 0. The lowest BCUT2D eigenvalue weighted by Crippen LogP contribution is -2.44. The van der Waals surface area contributed by atoms with E-state index in [2.05, 4.69) is 4.98 Å². The number of benzene rings is 1. The Kier molecular flexibility index (Phi) is 3.58. The maximum atomic E-state index is 12.7. The molecular formula is C17H20N2O3. The Morgan fingerprint density at radius 1 is 1.18 bits per heavy atom. The molecule has 2 aliphatic rings. The summed E-state index contributed by atoms with van der Waals surface area (Å²) in [6.07, 6.45) is 4.57. The van der Waals surface area contributed by atoms with Crippen LogP contribution in [0.25, 0.3) is 11.1 Å². The molecule has 0 N–H and O–H groups in total. The van der Waals surface area contributed by atoms with Gasteiger partial charge < -0.3 is 14.1 Å². The van der Waals surface area contributed by atoms with E-state index < -0.39 is 0 Å². The third-order valence-corrected chi connectivity index (χ3v) is 4.59. The SMILES string of the molecule is O=C(C1CCCO1)N1CCCCC1c1nc2ccccc2o1. The number of rotatable bonds is 2. The Hall–Kier alpha value is -1.88. The molecule has 2 fully saturated rings. The van der Waals surface area contributed by atoms with Crippen molar-refractivity contribution in [2.45, 2.75) is 44.2 Å². The molecule has 0 radical (unpaired) electrons. The van der Waals surface area contributed by atoms with Gasteiger partial charge in [0, 0.05) is 13.2 Å². The summed E-state index contributed by atoms with van der Waals surface area (Å²) in [6, 6.07) is 7.69. The average Bonchev–Trinajstić information content (AvgIpc) is 3.23. The predicted octanol–water partition coefficient (Wildman–Crippen LogP) is 3.06. The number of hydrogen-bond acceptors (Lipinski definition) is 4. The van der Waals surface area contributed by atoms with Crippen LogP contribution in [0.5, 0.6) is 0 Å². The van der Waals surface area contributed by atoms with Crippen LogP contribution >= 0.6 is 0 Å². The number of nitrogens with zero attached hydrogens (tertiary/aromatic N) is 2. The number of aromatic nitrogens is 1. The van der Waals surface area contributed by atoms with Crippen molar-refractivity contribution < 1.29 is 13.9 Å². The highest BCUT2D eigenvalue weighted by Crippen LogP contribution is 2.33. The molecule has 2 unspecified atom stereocenters. The molecule has 2 aromatic rings. The van der Waals surface area contributed by atoms with Crippen molar-refractivity contribution in [2.75, 3.05) is 13.2 Å². The average molecular weight is 300 g/mol. The maximum Gasteiger partial charge on any atom is 0.252 e. The molecule has 2 aliphatic heterocycles. The van der Waals surface area contributed by atoms with Gasteiger partial charge in [-0.1, -0.05) is 12.1 Å². The zero-order chi connectivity index (χ0) is 14.9. The first-order chi connectivity index (χ1) is 10.8. The zero-order valence-corrected chi connectivity index (χ0v) is 12.5. The van der Waals surface area contributed by atoms with Gasteiger partial charge >= 0.3 is 0 Å². The topological polar surface area (TPSA) is 55.6 Å². The fraction of sp³-hybridized carbons (Fsp3) is 0.529. The second-order valence-electron chi connectivity index (χ2n) is 6.06. The van der Waals surface area contributed by atoms with Gasteiger partial charge in [0.1, 0.15) is 17.7 Å². The minimum absolute atomic E-state index is 0.0575. The van der Waals surface area contributed by atoms with Gasteiger partial charge in [-0.3, -0.25) is 4.79 Å². The molecule has 2 saturated heterocycles. The van der Waals surface area contributed by atoms with Crippen LogP contribution in [0.15, 0.2) is 28.7 Å². The highest BCUT2D eigenvalue weighted by Gasteiger charge is 2.36. The standard InChI is InChI=1S/C17H20N2O3/c20-17(15-9-5-11-21-15)19-10-4-3-7-13(19)16-18-12-6-1-2-8-14(12)22-16/h1-2,6,8,13,15H,3-5,7,9-11H2. The van der Waals surface area contributed by atoms with E-state index in [1.807, 2.05) is 29.2 Å². The Morgan fingerprint density at radius 3 is 2.91 bits per heavy atom. The van der Waals surface area contributed by atoms with Gasteiger partial charge in [0.25, 0.3) is 5.91 Å². The Morgan fingerprint density at radius 2 is 2.09 bits per heavy atom. The third-order valence-electron chi connectivity index (χ3n) is 4.59. The molecule has 0 aliphatic carbocycles. The third kappa shape index (κ3) is 2.39. The molecule has 22 heavy (non-hydrogen) atoms. The molecular weight excluding hydrogens is 280 g/mol. The molecule has 2 atom stereocenters. The van der Waals surface area contributed by atoms with Gasteiger partial charge in [-0.2, -0.15) is 0 Å². The number of carbonyl (C=O) groups is 1. The minimum atomic E-state index is -0.273. The molecule has 0 bridgehead atoms. The van der Waals surface area contributed by atoms with E-state index in [1.54, 1.807) is 0 Å². The van der Waals surface area contributed by atoms with E-state index >= 15 is 0 Å². The van der Waals surface area contributed by atoms with Crippen LogP contribution in [-0.2, 0) is 9.53 Å². The van der Waals surface area contributed by atoms with E-state index in [0.29, 0.717) is 12.5 Å². The van der Waals surface area contributed by atoms with Crippen LogP contribution in [0.4, 0.5) is 0 Å². The van der Waals surface area contributed by atoms with Crippen LogP contribution in [0.2, 0.25) is 0 Å². The van der Waals surface area contributed by atoms with Crippen LogP contribution in [0.3, 0.4) is 0 Å². The number of likely N-dealkylation sites (tertiary alicyclic amines) is 1. The lowest BCUT2D eigenvalue weighted by atomic mass is 10.0. The second kappa shape index (κ2) is 5.72. The molecule has 4 rings (SSSR count). The summed E-state index contributed by atoms with van der Waals surface area (Å²) in [4.78, 5) is 19.2. The fourth-order valence-corrected chi connectivity index (χ4v) is 3.44. The fourth-order valence-electron chi connectivity index (χ4n) is 3.44.